The van der Waals surface area contributed by atoms with E-state index < -0.39 is 0 Å². The zero-order valence-electron chi connectivity index (χ0n) is 10.9. The van der Waals surface area contributed by atoms with Gasteiger partial charge in [-0.15, -0.1) is 0 Å². The predicted octanol–water partition coefficient (Wildman–Crippen LogP) is 2.82. The van der Waals surface area contributed by atoms with E-state index >= 15 is 0 Å². The van der Waals surface area contributed by atoms with E-state index in [1.54, 1.807) is 0 Å². The van der Waals surface area contributed by atoms with Gasteiger partial charge in [0.1, 0.15) is 6.29 Å². The maximum atomic E-state index is 11.4. The lowest BCUT2D eigenvalue weighted by Gasteiger charge is -2.37. The predicted molar refractivity (Wildman–Crippen MR) is 72.1 cm³/mol. The third-order valence-corrected chi connectivity index (χ3v) is 4.64. The van der Waals surface area contributed by atoms with Gasteiger partial charge in [-0.3, -0.25) is 0 Å². The molecule has 0 radical (unpaired) electrons. The van der Waals surface area contributed by atoms with Crippen LogP contribution < -0.4 is 0 Å². The van der Waals surface area contributed by atoms with Crippen LogP contribution in [0.15, 0.2) is 0 Å². The highest BCUT2D eigenvalue weighted by Gasteiger charge is 2.33. The average Bonchev–Trinajstić information content (AvgIpc) is 2.30. The first-order valence-corrected chi connectivity index (χ1v) is 7.68. The van der Waals surface area contributed by atoms with E-state index in [9.17, 15) is 4.79 Å². The molecule has 1 saturated carbocycles. The SMILES string of the molecule is CSCC(C)N(C)CC1(C=O)CCCCC1. The molecule has 0 saturated heterocycles. The first-order valence-electron chi connectivity index (χ1n) is 6.29. The lowest BCUT2D eigenvalue weighted by Crippen LogP contribution is -2.43. The molecule has 1 aliphatic rings. The van der Waals surface area contributed by atoms with Crippen LogP contribution in [0.25, 0.3) is 0 Å². The minimum atomic E-state index is -0.0420. The molecule has 0 aliphatic heterocycles. The summed E-state index contributed by atoms with van der Waals surface area (Å²) in [5.41, 5.74) is -0.0420. The highest BCUT2D eigenvalue weighted by Crippen LogP contribution is 2.35. The molecule has 0 aromatic heterocycles. The number of carbonyl (C=O) groups excluding carboxylic acids is 1. The quantitative estimate of drug-likeness (QED) is 0.669. The van der Waals surface area contributed by atoms with Crippen LogP contribution in [0.5, 0.6) is 0 Å². The van der Waals surface area contributed by atoms with Crippen molar-refractivity contribution in [3.05, 3.63) is 0 Å². The molecule has 0 amide bonds. The Morgan fingerprint density at radius 2 is 2.00 bits per heavy atom. The smallest absolute Gasteiger partial charge is 0.127 e. The summed E-state index contributed by atoms with van der Waals surface area (Å²) >= 11 is 1.88. The van der Waals surface area contributed by atoms with Gasteiger partial charge in [0, 0.05) is 23.8 Å². The molecule has 1 atom stereocenters. The molecule has 1 unspecified atom stereocenters. The summed E-state index contributed by atoms with van der Waals surface area (Å²) in [6.45, 7) is 3.19. The van der Waals surface area contributed by atoms with Gasteiger partial charge >= 0.3 is 0 Å². The summed E-state index contributed by atoms with van der Waals surface area (Å²) in [5, 5.41) is 0. The Labute approximate surface area is 104 Å². The topological polar surface area (TPSA) is 20.3 Å². The van der Waals surface area contributed by atoms with E-state index in [-0.39, 0.29) is 5.41 Å². The van der Waals surface area contributed by atoms with E-state index in [4.69, 9.17) is 0 Å². The van der Waals surface area contributed by atoms with Gasteiger partial charge in [0.2, 0.25) is 0 Å². The normalized spacial score (nSPS) is 22.0. The van der Waals surface area contributed by atoms with Crippen LogP contribution in [0.3, 0.4) is 0 Å². The van der Waals surface area contributed by atoms with Gasteiger partial charge in [-0.1, -0.05) is 19.3 Å². The summed E-state index contributed by atoms with van der Waals surface area (Å²) in [6.07, 6.45) is 9.31. The lowest BCUT2D eigenvalue weighted by molar-refractivity contribution is -0.119. The number of hydrogen-bond donors (Lipinski definition) is 0. The lowest BCUT2D eigenvalue weighted by atomic mass is 9.75. The fourth-order valence-electron chi connectivity index (χ4n) is 2.59. The summed E-state index contributed by atoms with van der Waals surface area (Å²) in [5.74, 6) is 1.14. The Bertz CT molecular complexity index is 214. The third-order valence-electron chi connectivity index (χ3n) is 3.82. The second-order valence-corrected chi connectivity index (χ2v) is 6.17. The van der Waals surface area contributed by atoms with Gasteiger partial charge in [0.05, 0.1) is 0 Å². The van der Waals surface area contributed by atoms with Crippen molar-refractivity contribution in [1.82, 2.24) is 4.90 Å². The Morgan fingerprint density at radius 1 is 1.38 bits per heavy atom. The molecule has 1 aliphatic carbocycles. The van der Waals surface area contributed by atoms with Crippen molar-refractivity contribution in [2.45, 2.75) is 45.1 Å². The van der Waals surface area contributed by atoms with Gasteiger partial charge < -0.3 is 9.69 Å². The zero-order chi connectivity index (χ0) is 12.0. The molecule has 94 valence electrons. The van der Waals surface area contributed by atoms with Crippen molar-refractivity contribution in [2.24, 2.45) is 5.41 Å². The minimum absolute atomic E-state index is 0.0420. The number of rotatable bonds is 6. The molecule has 3 heteroatoms. The molecule has 1 rings (SSSR count). The molecule has 0 N–H and O–H groups in total. The second-order valence-electron chi connectivity index (χ2n) is 5.26. The van der Waals surface area contributed by atoms with Crippen molar-refractivity contribution in [3.63, 3.8) is 0 Å². The number of hydrogen-bond acceptors (Lipinski definition) is 3. The van der Waals surface area contributed by atoms with Crippen LogP contribution >= 0.6 is 11.8 Å². The molecule has 0 aromatic carbocycles. The van der Waals surface area contributed by atoms with E-state index in [1.165, 1.54) is 25.5 Å². The Kier molecular flexibility index (Phi) is 5.84. The fraction of sp³-hybridized carbons (Fsp3) is 0.923. The van der Waals surface area contributed by atoms with Gasteiger partial charge in [0.25, 0.3) is 0 Å². The van der Waals surface area contributed by atoms with E-state index in [0.29, 0.717) is 6.04 Å². The number of carbonyl (C=O) groups is 1. The molecule has 0 bridgehead atoms. The maximum absolute atomic E-state index is 11.4. The minimum Gasteiger partial charge on any atom is -0.303 e. The summed E-state index contributed by atoms with van der Waals surface area (Å²) in [6, 6.07) is 0.564. The van der Waals surface area contributed by atoms with Gasteiger partial charge in [-0.05, 0) is 33.1 Å². The monoisotopic (exact) mass is 243 g/mol. The van der Waals surface area contributed by atoms with Crippen molar-refractivity contribution in [2.75, 3.05) is 25.6 Å². The van der Waals surface area contributed by atoms with Crippen LogP contribution in [0.4, 0.5) is 0 Å². The van der Waals surface area contributed by atoms with Crippen molar-refractivity contribution < 1.29 is 4.79 Å². The third kappa shape index (κ3) is 3.77. The fourth-order valence-corrected chi connectivity index (χ4v) is 3.33. The zero-order valence-corrected chi connectivity index (χ0v) is 11.7. The molecule has 0 aromatic rings. The first-order chi connectivity index (χ1) is 7.63. The molecular formula is C13H25NOS. The maximum Gasteiger partial charge on any atom is 0.127 e. The van der Waals surface area contributed by atoms with Crippen molar-refractivity contribution in [3.8, 4) is 0 Å². The van der Waals surface area contributed by atoms with Crippen LogP contribution in [0.1, 0.15) is 39.0 Å². The molecule has 1 fully saturated rings. The highest BCUT2D eigenvalue weighted by atomic mass is 32.2. The van der Waals surface area contributed by atoms with Crippen molar-refractivity contribution >= 4 is 18.0 Å². The van der Waals surface area contributed by atoms with Gasteiger partial charge in [0.15, 0.2) is 0 Å². The van der Waals surface area contributed by atoms with Crippen LogP contribution in [0, 0.1) is 5.41 Å². The Morgan fingerprint density at radius 3 is 2.50 bits per heavy atom. The molecule has 0 heterocycles. The van der Waals surface area contributed by atoms with Crippen LogP contribution in [-0.4, -0.2) is 42.8 Å². The Balaban J connectivity index is 2.51. The summed E-state index contributed by atoms with van der Waals surface area (Å²) in [4.78, 5) is 13.7. The second kappa shape index (κ2) is 6.65. The molecule has 0 spiro atoms. The van der Waals surface area contributed by atoms with E-state index in [2.05, 4.69) is 25.1 Å². The summed E-state index contributed by atoms with van der Waals surface area (Å²) in [7, 11) is 2.15. The number of aldehydes is 1. The van der Waals surface area contributed by atoms with Gasteiger partial charge in [-0.2, -0.15) is 11.8 Å². The van der Waals surface area contributed by atoms with Gasteiger partial charge in [-0.25, -0.2) is 0 Å². The summed E-state index contributed by atoms with van der Waals surface area (Å²) < 4.78 is 0. The molecule has 2 nitrogen and oxygen atoms in total. The highest BCUT2D eigenvalue weighted by molar-refractivity contribution is 7.98. The number of nitrogens with zero attached hydrogens (tertiary/aromatic N) is 1. The number of thioether (sulfide) groups is 1. The Hall–Kier alpha value is -0.0200. The molecule has 16 heavy (non-hydrogen) atoms. The largest absolute Gasteiger partial charge is 0.303 e. The average molecular weight is 243 g/mol. The van der Waals surface area contributed by atoms with Crippen LogP contribution in [0.2, 0.25) is 0 Å². The van der Waals surface area contributed by atoms with E-state index in [1.807, 2.05) is 11.8 Å². The van der Waals surface area contributed by atoms with Crippen molar-refractivity contribution in [1.29, 1.82) is 0 Å². The molecular weight excluding hydrogens is 218 g/mol. The standard InChI is InChI=1S/C13H25NOS/c1-12(9-16-3)14(2)10-13(11-15)7-5-4-6-8-13/h11-12H,4-10H2,1-3H3. The van der Waals surface area contributed by atoms with E-state index in [0.717, 1.165) is 25.1 Å². The first kappa shape index (κ1) is 14.0. The van der Waals surface area contributed by atoms with Crippen LogP contribution in [-0.2, 0) is 4.79 Å².